The molecule has 0 aliphatic rings. The lowest BCUT2D eigenvalue weighted by atomic mass is 10.3. The molecule has 2 heterocycles. The zero-order valence-corrected chi connectivity index (χ0v) is 10.0. The summed E-state index contributed by atoms with van der Waals surface area (Å²) in [7, 11) is 3.80. The van der Waals surface area contributed by atoms with Gasteiger partial charge in [-0.15, -0.1) is 0 Å². The van der Waals surface area contributed by atoms with Gasteiger partial charge in [0.05, 0.1) is 5.69 Å². The number of rotatable bonds is 4. The third-order valence-electron chi connectivity index (χ3n) is 2.73. The van der Waals surface area contributed by atoms with Crippen LogP contribution in [0.15, 0.2) is 24.5 Å². The fourth-order valence-corrected chi connectivity index (χ4v) is 1.75. The number of nitrogens with zero attached hydrogens (tertiary/aromatic N) is 4. The largest absolute Gasteiger partial charge is 0.342 e. The number of hydrogen-bond donors (Lipinski definition) is 1. The lowest BCUT2D eigenvalue weighted by molar-refractivity contribution is 0.626. The summed E-state index contributed by atoms with van der Waals surface area (Å²) in [6, 6.07) is 6.03. The summed E-state index contributed by atoms with van der Waals surface area (Å²) in [6.45, 7) is 1.52. The minimum atomic E-state index is 0.683. The molecule has 88 valence electrons. The average molecular weight is 229 g/mol. The first-order valence-corrected chi connectivity index (χ1v) is 5.43. The summed E-state index contributed by atoms with van der Waals surface area (Å²) in [4.78, 5) is 0. The molecule has 0 aliphatic heterocycles. The second-order valence-corrected chi connectivity index (χ2v) is 4.01. The molecule has 0 fully saturated rings. The predicted octanol–water partition coefficient (Wildman–Crippen LogP) is 0.920. The molecule has 0 atom stereocenters. The summed E-state index contributed by atoms with van der Waals surface area (Å²) in [5.41, 5.74) is 2.94. The maximum absolute atomic E-state index is 8.84. The molecule has 0 saturated carbocycles. The van der Waals surface area contributed by atoms with E-state index < -0.39 is 0 Å². The summed E-state index contributed by atoms with van der Waals surface area (Å²) in [6.07, 6.45) is 3.75. The molecule has 5 heteroatoms. The van der Waals surface area contributed by atoms with Gasteiger partial charge in [0, 0.05) is 39.6 Å². The molecule has 5 nitrogen and oxygen atoms in total. The molecule has 17 heavy (non-hydrogen) atoms. The Kier molecular flexibility index (Phi) is 3.26. The molecule has 2 rings (SSSR count). The van der Waals surface area contributed by atoms with E-state index in [4.69, 9.17) is 5.26 Å². The van der Waals surface area contributed by atoms with Crippen molar-refractivity contribution < 1.29 is 0 Å². The predicted molar refractivity (Wildman–Crippen MR) is 63.9 cm³/mol. The lowest BCUT2D eigenvalue weighted by Crippen LogP contribution is -2.14. The molecule has 0 saturated heterocycles. The van der Waals surface area contributed by atoms with E-state index in [1.165, 1.54) is 0 Å². The van der Waals surface area contributed by atoms with Crippen molar-refractivity contribution in [2.24, 2.45) is 14.1 Å². The zero-order valence-electron chi connectivity index (χ0n) is 10.0. The van der Waals surface area contributed by atoms with Crippen LogP contribution < -0.4 is 5.32 Å². The summed E-state index contributed by atoms with van der Waals surface area (Å²) >= 11 is 0. The molecule has 0 unspecified atom stereocenters. The van der Waals surface area contributed by atoms with Crippen LogP contribution in [0, 0.1) is 11.3 Å². The van der Waals surface area contributed by atoms with Crippen LogP contribution in [0.3, 0.4) is 0 Å². The van der Waals surface area contributed by atoms with Crippen molar-refractivity contribution in [1.29, 1.82) is 5.26 Å². The summed E-state index contributed by atoms with van der Waals surface area (Å²) in [5, 5.41) is 16.3. The minimum Gasteiger partial charge on any atom is -0.342 e. The van der Waals surface area contributed by atoms with Crippen LogP contribution in [0.4, 0.5) is 0 Å². The number of aromatic nitrogens is 3. The molecular weight excluding hydrogens is 214 g/mol. The number of nitrogens with one attached hydrogen (secondary N) is 1. The Labute approximate surface area is 100 Å². The Balaban J connectivity index is 1.90. The lowest BCUT2D eigenvalue weighted by Gasteiger charge is -2.03. The number of nitriles is 1. The third kappa shape index (κ3) is 2.55. The van der Waals surface area contributed by atoms with Gasteiger partial charge in [-0.1, -0.05) is 0 Å². The molecule has 0 spiro atoms. The van der Waals surface area contributed by atoms with E-state index in [1.807, 2.05) is 41.7 Å². The first-order valence-electron chi connectivity index (χ1n) is 5.43. The second-order valence-electron chi connectivity index (χ2n) is 4.01. The fraction of sp³-hybridized carbons (Fsp3) is 0.333. The van der Waals surface area contributed by atoms with Crippen molar-refractivity contribution in [2.45, 2.75) is 13.1 Å². The maximum atomic E-state index is 8.84. The van der Waals surface area contributed by atoms with Gasteiger partial charge >= 0.3 is 0 Å². The molecule has 0 amide bonds. The zero-order chi connectivity index (χ0) is 12.3. The van der Waals surface area contributed by atoms with Crippen molar-refractivity contribution >= 4 is 0 Å². The first kappa shape index (κ1) is 11.4. The van der Waals surface area contributed by atoms with Crippen molar-refractivity contribution in [1.82, 2.24) is 19.7 Å². The minimum absolute atomic E-state index is 0.683. The van der Waals surface area contributed by atoms with Gasteiger partial charge in [0.25, 0.3) is 0 Å². The Morgan fingerprint density at radius 2 is 2.24 bits per heavy atom. The van der Waals surface area contributed by atoms with Gasteiger partial charge in [-0.2, -0.15) is 10.4 Å². The van der Waals surface area contributed by atoms with Crippen molar-refractivity contribution in [2.75, 3.05) is 0 Å². The van der Waals surface area contributed by atoms with Crippen LogP contribution in [0.2, 0.25) is 0 Å². The summed E-state index contributed by atoms with van der Waals surface area (Å²) in [5.74, 6) is 0. The standard InChI is InChI=1S/C12H15N5/c1-16-9-10(5-12(16)6-13)7-14-8-11-3-4-15-17(11)2/h3-5,9,14H,7-8H2,1-2H3. The highest BCUT2D eigenvalue weighted by Gasteiger charge is 2.02. The summed E-state index contributed by atoms with van der Waals surface area (Å²) < 4.78 is 3.68. The van der Waals surface area contributed by atoms with E-state index in [-0.39, 0.29) is 0 Å². The van der Waals surface area contributed by atoms with E-state index in [2.05, 4.69) is 16.5 Å². The normalized spacial score (nSPS) is 10.4. The molecule has 1 N–H and O–H groups in total. The first-order chi connectivity index (χ1) is 8.20. The molecule has 0 bridgehead atoms. The Morgan fingerprint density at radius 3 is 2.82 bits per heavy atom. The Morgan fingerprint density at radius 1 is 1.41 bits per heavy atom. The number of aryl methyl sites for hydroxylation is 2. The average Bonchev–Trinajstić information content (AvgIpc) is 2.86. The van der Waals surface area contributed by atoms with Crippen molar-refractivity contribution in [3.05, 3.63) is 41.5 Å². The van der Waals surface area contributed by atoms with E-state index in [1.54, 1.807) is 6.20 Å². The van der Waals surface area contributed by atoms with Crippen LogP contribution in [-0.4, -0.2) is 14.3 Å². The number of hydrogen-bond acceptors (Lipinski definition) is 3. The fourth-order valence-electron chi connectivity index (χ4n) is 1.75. The monoisotopic (exact) mass is 229 g/mol. The van der Waals surface area contributed by atoms with Gasteiger partial charge in [-0.05, 0) is 17.7 Å². The smallest absolute Gasteiger partial charge is 0.120 e. The molecule has 0 aromatic carbocycles. The quantitative estimate of drug-likeness (QED) is 0.848. The van der Waals surface area contributed by atoms with E-state index in [0.717, 1.165) is 24.3 Å². The SMILES string of the molecule is Cn1cc(CNCc2ccnn2C)cc1C#N. The van der Waals surface area contributed by atoms with Crippen molar-refractivity contribution in [3.63, 3.8) is 0 Å². The van der Waals surface area contributed by atoms with Crippen LogP contribution >= 0.6 is 0 Å². The third-order valence-corrected chi connectivity index (χ3v) is 2.73. The van der Waals surface area contributed by atoms with E-state index in [9.17, 15) is 0 Å². The van der Waals surface area contributed by atoms with Gasteiger partial charge in [-0.3, -0.25) is 4.68 Å². The Hall–Kier alpha value is -2.06. The van der Waals surface area contributed by atoms with Gasteiger partial charge in [0.15, 0.2) is 0 Å². The van der Waals surface area contributed by atoms with Crippen LogP contribution in [-0.2, 0) is 27.2 Å². The van der Waals surface area contributed by atoms with E-state index >= 15 is 0 Å². The topological polar surface area (TPSA) is 58.6 Å². The molecular formula is C12H15N5. The Bertz CT molecular complexity index is 543. The van der Waals surface area contributed by atoms with Gasteiger partial charge < -0.3 is 9.88 Å². The van der Waals surface area contributed by atoms with Crippen molar-refractivity contribution in [3.8, 4) is 6.07 Å². The highest BCUT2D eigenvalue weighted by Crippen LogP contribution is 2.06. The maximum Gasteiger partial charge on any atom is 0.120 e. The van der Waals surface area contributed by atoms with Gasteiger partial charge in [-0.25, -0.2) is 0 Å². The van der Waals surface area contributed by atoms with Crippen LogP contribution in [0.25, 0.3) is 0 Å². The van der Waals surface area contributed by atoms with Crippen LogP contribution in [0.5, 0.6) is 0 Å². The molecule has 0 aliphatic carbocycles. The highest BCUT2D eigenvalue weighted by molar-refractivity contribution is 5.28. The van der Waals surface area contributed by atoms with Gasteiger partial charge in [0.1, 0.15) is 11.8 Å². The molecule has 2 aromatic rings. The molecule has 0 radical (unpaired) electrons. The molecule has 2 aromatic heterocycles. The van der Waals surface area contributed by atoms with Crippen LogP contribution in [0.1, 0.15) is 17.0 Å². The second kappa shape index (κ2) is 4.85. The highest BCUT2D eigenvalue weighted by atomic mass is 15.3. The van der Waals surface area contributed by atoms with Gasteiger partial charge in [0.2, 0.25) is 0 Å². The van der Waals surface area contributed by atoms with E-state index in [0.29, 0.717) is 5.69 Å².